The molecule has 4 aliphatic carbocycles. The molecule has 380 valence electrons. The molecule has 4 heteroatoms. The molecule has 2 nitrogen and oxygen atoms in total. The number of hydrogen-bond donors (Lipinski definition) is 0. The van der Waals surface area contributed by atoms with Crippen LogP contribution in [-0.2, 0) is 43.3 Å². The largest absolute Gasteiger partial charge is 0.311 e. The highest BCUT2D eigenvalue weighted by Gasteiger charge is 2.50. The van der Waals surface area contributed by atoms with E-state index in [4.69, 9.17) is 0 Å². The molecule has 3 heterocycles. The van der Waals surface area contributed by atoms with Crippen molar-refractivity contribution < 1.29 is 0 Å². The molecular weight excluding hydrogens is 912 g/mol. The van der Waals surface area contributed by atoms with Crippen molar-refractivity contribution in [3.05, 3.63) is 148 Å². The lowest BCUT2D eigenvalue weighted by Crippen LogP contribution is -2.61. The topological polar surface area (TPSA) is 6.48 Å². The summed E-state index contributed by atoms with van der Waals surface area (Å²) in [4.78, 5) is 5.54. The van der Waals surface area contributed by atoms with Crippen LogP contribution in [0.25, 0.3) is 21.2 Å². The molecule has 0 N–H and O–H groups in total. The summed E-state index contributed by atoms with van der Waals surface area (Å²) in [5, 5.41) is 1.41. The average Bonchev–Trinajstić information content (AvgIpc) is 3.72. The predicted molar refractivity (Wildman–Crippen MR) is 322 cm³/mol. The van der Waals surface area contributed by atoms with Gasteiger partial charge in [0.2, 0.25) is 0 Å². The van der Waals surface area contributed by atoms with E-state index in [0.717, 1.165) is 0 Å². The van der Waals surface area contributed by atoms with Gasteiger partial charge in [-0.1, -0.05) is 159 Å². The van der Waals surface area contributed by atoms with Crippen molar-refractivity contribution in [3.63, 3.8) is 0 Å². The first-order valence-corrected chi connectivity index (χ1v) is 29.4. The Bertz CT molecular complexity index is 3540. The van der Waals surface area contributed by atoms with Crippen molar-refractivity contribution in [2.24, 2.45) is 0 Å². The van der Waals surface area contributed by atoms with E-state index in [0.29, 0.717) is 0 Å². The van der Waals surface area contributed by atoms with Gasteiger partial charge in [-0.05, 0) is 216 Å². The van der Waals surface area contributed by atoms with E-state index in [-0.39, 0.29) is 50.0 Å². The van der Waals surface area contributed by atoms with Crippen LogP contribution in [0.3, 0.4) is 0 Å². The van der Waals surface area contributed by atoms with Crippen LogP contribution in [-0.4, -0.2) is 6.71 Å². The van der Waals surface area contributed by atoms with Crippen LogP contribution in [0.15, 0.2) is 103 Å². The highest BCUT2D eigenvalue weighted by molar-refractivity contribution is 7.33. The second-order valence-corrected chi connectivity index (χ2v) is 30.7. The Labute approximate surface area is 449 Å². The maximum atomic E-state index is 2.79. The van der Waals surface area contributed by atoms with Crippen molar-refractivity contribution >= 4 is 78.0 Å². The molecule has 0 bridgehead atoms. The minimum Gasteiger partial charge on any atom is -0.311 e. The number of benzene rings is 6. The molecule has 0 saturated heterocycles. The molecule has 0 spiro atoms. The standard InChI is InChI=1S/C70H81BN2S/c1-63(2)26-28-65(5,6)49-36-44(22-24-47(49)63)72-56-40-53-52(68(11,12)31-32-69(53,13)14)39-55(56)71-60-57(72)34-43(42-20-18-17-19-21-42)35-58(60)73(45-23-25-48-50(37-45)66(7,8)29-27-64(48,3)4)61-46-38-51-54(41-59(46)74-62(61)71)70(15,16)33-30-67(51,9)10/h17-25,34-41H,26-33H2,1-16H3. The van der Waals surface area contributed by atoms with E-state index in [2.05, 4.69) is 235 Å². The summed E-state index contributed by atoms with van der Waals surface area (Å²) >= 11 is 2.10. The maximum Gasteiger partial charge on any atom is 0.264 e. The van der Waals surface area contributed by atoms with Crippen LogP contribution in [0, 0.1) is 0 Å². The summed E-state index contributed by atoms with van der Waals surface area (Å²) in [6.07, 6.45) is 9.52. The van der Waals surface area contributed by atoms with Crippen molar-refractivity contribution in [2.75, 3.05) is 9.80 Å². The zero-order valence-electron chi connectivity index (χ0n) is 47.9. The smallest absolute Gasteiger partial charge is 0.264 e. The van der Waals surface area contributed by atoms with Crippen molar-refractivity contribution in [1.29, 1.82) is 0 Å². The number of thiophene rings is 1. The fourth-order valence-corrected chi connectivity index (χ4v) is 16.7. The van der Waals surface area contributed by atoms with Crippen LogP contribution in [0.2, 0.25) is 0 Å². The van der Waals surface area contributed by atoms with Crippen molar-refractivity contribution in [3.8, 4) is 11.1 Å². The predicted octanol–water partition coefficient (Wildman–Crippen LogP) is 18.0. The van der Waals surface area contributed by atoms with Gasteiger partial charge in [0.1, 0.15) is 0 Å². The molecule has 0 atom stereocenters. The van der Waals surface area contributed by atoms with E-state index in [1.165, 1.54) is 161 Å². The van der Waals surface area contributed by atoms with Gasteiger partial charge in [0.15, 0.2) is 0 Å². The lowest BCUT2D eigenvalue weighted by molar-refractivity contribution is 0.332. The molecule has 0 radical (unpaired) electrons. The van der Waals surface area contributed by atoms with Crippen LogP contribution in [0.4, 0.5) is 34.1 Å². The summed E-state index contributed by atoms with van der Waals surface area (Å²) < 4.78 is 2.91. The van der Waals surface area contributed by atoms with E-state index >= 15 is 0 Å². The number of rotatable bonds is 3. The van der Waals surface area contributed by atoms with Gasteiger partial charge < -0.3 is 9.80 Å². The van der Waals surface area contributed by atoms with Crippen LogP contribution >= 0.6 is 11.3 Å². The first-order valence-electron chi connectivity index (χ1n) is 28.5. The van der Waals surface area contributed by atoms with Crippen LogP contribution < -0.4 is 25.5 Å². The van der Waals surface area contributed by atoms with E-state index in [1.807, 2.05) is 0 Å². The molecule has 6 aliphatic rings. The van der Waals surface area contributed by atoms with Gasteiger partial charge in [0, 0.05) is 43.3 Å². The Morgan fingerprint density at radius 1 is 0.365 bits per heavy atom. The number of nitrogens with zero attached hydrogens (tertiary/aromatic N) is 2. The number of anilines is 6. The van der Waals surface area contributed by atoms with Crippen LogP contribution in [0.5, 0.6) is 0 Å². The first-order chi connectivity index (χ1) is 34.6. The summed E-state index contributed by atoms with van der Waals surface area (Å²) in [7, 11) is 0. The molecule has 74 heavy (non-hydrogen) atoms. The summed E-state index contributed by atoms with van der Waals surface area (Å²) in [6.45, 7) is 40.0. The molecule has 0 saturated carbocycles. The molecule has 6 aromatic carbocycles. The summed E-state index contributed by atoms with van der Waals surface area (Å²) in [5.41, 5.74) is 26.1. The van der Waals surface area contributed by atoms with Gasteiger partial charge in [-0.2, -0.15) is 0 Å². The molecular formula is C70H81BN2S. The molecule has 0 amide bonds. The van der Waals surface area contributed by atoms with Crippen molar-refractivity contribution in [2.45, 2.75) is 205 Å². The molecule has 0 unspecified atom stereocenters. The Balaban J connectivity index is 1.20. The minimum absolute atomic E-state index is 0.0460. The minimum atomic E-state index is 0.0460. The van der Waals surface area contributed by atoms with Gasteiger partial charge in [0.25, 0.3) is 6.71 Å². The lowest BCUT2D eigenvalue weighted by Gasteiger charge is -2.48. The third kappa shape index (κ3) is 6.93. The lowest BCUT2D eigenvalue weighted by atomic mass is 9.35. The van der Waals surface area contributed by atoms with Gasteiger partial charge in [-0.3, -0.25) is 0 Å². The van der Waals surface area contributed by atoms with Crippen LogP contribution in [0.1, 0.15) is 207 Å². The zero-order chi connectivity index (χ0) is 52.2. The van der Waals surface area contributed by atoms with E-state index < -0.39 is 0 Å². The molecule has 2 aliphatic heterocycles. The fraction of sp³-hybridized carbons (Fsp3) is 0.457. The highest BCUT2D eigenvalue weighted by Crippen LogP contribution is 2.57. The SMILES string of the molecule is CC1(C)CCC(C)(C)c2cc(N3c4cc5c(cc4B4c6sc7cc8c(cc7c6N(c6ccc7c(c6)C(C)(C)CCC7(C)C)c6cc(-c7ccccc7)cc3c64)C(C)(C)CCC8(C)C)C(C)(C)CCC5(C)C)ccc21. The average molecular weight is 993 g/mol. The molecule has 13 rings (SSSR count). The first kappa shape index (κ1) is 48.6. The number of fused-ring (bicyclic) bond motifs is 10. The van der Waals surface area contributed by atoms with E-state index in [9.17, 15) is 0 Å². The van der Waals surface area contributed by atoms with Gasteiger partial charge in [-0.25, -0.2) is 0 Å². The quantitative estimate of drug-likeness (QED) is 0.163. The summed E-state index contributed by atoms with van der Waals surface area (Å²) in [6, 6.07) is 42.6. The molecule has 7 aromatic rings. The second-order valence-electron chi connectivity index (χ2n) is 29.6. The van der Waals surface area contributed by atoms with E-state index in [1.54, 1.807) is 5.56 Å². The fourth-order valence-electron chi connectivity index (χ4n) is 15.4. The van der Waals surface area contributed by atoms with Gasteiger partial charge >= 0.3 is 0 Å². The second kappa shape index (κ2) is 15.3. The maximum absolute atomic E-state index is 2.79. The Morgan fingerprint density at radius 2 is 0.770 bits per heavy atom. The Kier molecular flexibility index (Phi) is 10.1. The molecule has 0 fully saturated rings. The van der Waals surface area contributed by atoms with Gasteiger partial charge in [-0.15, -0.1) is 11.3 Å². The third-order valence-corrected chi connectivity index (χ3v) is 22.1. The normalized spacial score (nSPS) is 22.1. The third-order valence-electron chi connectivity index (χ3n) is 20.9. The van der Waals surface area contributed by atoms with Gasteiger partial charge in [0.05, 0.1) is 5.69 Å². The molecule has 1 aromatic heterocycles. The van der Waals surface area contributed by atoms with Crippen molar-refractivity contribution in [1.82, 2.24) is 0 Å². The number of hydrogen-bond acceptors (Lipinski definition) is 3. The zero-order valence-corrected chi connectivity index (χ0v) is 48.7. The Morgan fingerprint density at radius 3 is 1.27 bits per heavy atom. The highest BCUT2D eigenvalue weighted by atomic mass is 32.1. The monoisotopic (exact) mass is 993 g/mol. The Hall–Kier alpha value is -5.06. The summed E-state index contributed by atoms with van der Waals surface area (Å²) in [5.74, 6) is 0.